The molecule has 0 radical (unpaired) electrons. The SMILES string of the molecule is CC(C)CN1C(=O)c2ccc(C(=O)NCCNC(=O)C3CC(=O)N(C(C)C)C3)cc2C1=O. The van der Waals surface area contributed by atoms with E-state index in [4.69, 9.17) is 0 Å². The van der Waals surface area contributed by atoms with Crippen LogP contribution in [0, 0.1) is 11.8 Å². The minimum Gasteiger partial charge on any atom is -0.354 e. The van der Waals surface area contributed by atoms with Crippen molar-refractivity contribution in [3.8, 4) is 0 Å². The highest BCUT2D eigenvalue weighted by Crippen LogP contribution is 2.25. The van der Waals surface area contributed by atoms with E-state index in [1.807, 2.05) is 27.7 Å². The Kier molecular flexibility index (Phi) is 6.96. The molecule has 2 aliphatic rings. The third-order valence-electron chi connectivity index (χ3n) is 5.64. The molecule has 2 N–H and O–H groups in total. The van der Waals surface area contributed by atoms with Crippen molar-refractivity contribution in [3.63, 3.8) is 0 Å². The first kappa shape index (κ1) is 23.4. The van der Waals surface area contributed by atoms with Crippen LogP contribution in [0.25, 0.3) is 0 Å². The van der Waals surface area contributed by atoms with E-state index in [0.717, 1.165) is 0 Å². The summed E-state index contributed by atoms with van der Waals surface area (Å²) in [6.07, 6.45) is 0.200. The molecular weight excluding hydrogens is 412 g/mol. The van der Waals surface area contributed by atoms with Gasteiger partial charge in [0.05, 0.1) is 17.0 Å². The molecule has 1 fully saturated rings. The molecule has 1 atom stereocenters. The van der Waals surface area contributed by atoms with Gasteiger partial charge in [0, 0.05) is 44.2 Å². The fourth-order valence-electron chi connectivity index (χ4n) is 3.98. The van der Waals surface area contributed by atoms with Gasteiger partial charge in [-0.15, -0.1) is 0 Å². The van der Waals surface area contributed by atoms with Crippen LogP contribution in [0.1, 0.15) is 65.2 Å². The summed E-state index contributed by atoms with van der Waals surface area (Å²) in [5.74, 6) is -1.59. The Morgan fingerprint density at radius 3 is 2.28 bits per heavy atom. The van der Waals surface area contributed by atoms with E-state index in [2.05, 4.69) is 10.6 Å². The standard InChI is InChI=1S/C23H30N4O5/c1-13(2)11-27-22(31)17-6-5-15(9-18(17)23(27)32)20(29)24-7-8-25-21(30)16-10-19(28)26(12-16)14(3)4/h5-6,9,13-14,16H,7-8,10-12H2,1-4H3,(H,24,29)(H,25,30). The molecule has 2 heterocycles. The van der Waals surface area contributed by atoms with Crippen LogP contribution in [-0.2, 0) is 9.59 Å². The zero-order valence-electron chi connectivity index (χ0n) is 18.9. The molecule has 172 valence electrons. The summed E-state index contributed by atoms with van der Waals surface area (Å²) in [4.78, 5) is 64.6. The second-order valence-corrected chi connectivity index (χ2v) is 8.96. The van der Waals surface area contributed by atoms with Gasteiger partial charge in [-0.3, -0.25) is 28.9 Å². The second kappa shape index (κ2) is 9.50. The summed E-state index contributed by atoms with van der Waals surface area (Å²) >= 11 is 0. The van der Waals surface area contributed by atoms with E-state index in [9.17, 15) is 24.0 Å². The molecule has 1 aromatic rings. The first-order valence-corrected chi connectivity index (χ1v) is 11.0. The zero-order valence-corrected chi connectivity index (χ0v) is 18.9. The van der Waals surface area contributed by atoms with E-state index in [1.54, 1.807) is 4.90 Å². The van der Waals surface area contributed by atoms with Crippen LogP contribution in [0.15, 0.2) is 18.2 Å². The predicted octanol–water partition coefficient (Wildman–Crippen LogP) is 1.04. The summed E-state index contributed by atoms with van der Waals surface area (Å²) in [5.41, 5.74) is 0.815. The summed E-state index contributed by atoms with van der Waals surface area (Å²) in [7, 11) is 0. The van der Waals surface area contributed by atoms with E-state index < -0.39 is 5.91 Å². The topological polar surface area (TPSA) is 116 Å². The normalized spacial score (nSPS) is 18.1. The van der Waals surface area contributed by atoms with Crippen LogP contribution < -0.4 is 10.6 Å². The van der Waals surface area contributed by atoms with E-state index in [-0.39, 0.29) is 72.1 Å². The first-order valence-electron chi connectivity index (χ1n) is 11.0. The highest BCUT2D eigenvalue weighted by atomic mass is 16.2. The Bertz CT molecular complexity index is 956. The van der Waals surface area contributed by atoms with E-state index >= 15 is 0 Å². The van der Waals surface area contributed by atoms with Crippen molar-refractivity contribution in [1.82, 2.24) is 20.4 Å². The largest absolute Gasteiger partial charge is 0.354 e. The number of likely N-dealkylation sites (tertiary alicyclic amines) is 1. The number of benzene rings is 1. The molecule has 0 saturated carbocycles. The minimum absolute atomic E-state index is 0.0231. The minimum atomic E-state index is -0.397. The monoisotopic (exact) mass is 442 g/mol. The van der Waals surface area contributed by atoms with Crippen LogP contribution in [-0.4, -0.2) is 71.6 Å². The number of amides is 5. The van der Waals surface area contributed by atoms with Crippen LogP contribution in [0.2, 0.25) is 0 Å². The molecule has 2 aliphatic heterocycles. The quantitative estimate of drug-likeness (QED) is 0.461. The third kappa shape index (κ3) is 4.81. The van der Waals surface area contributed by atoms with Gasteiger partial charge in [0.15, 0.2) is 0 Å². The smallest absolute Gasteiger partial charge is 0.261 e. The number of fused-ring (bicyclic) bond motifs is 1. The van der Waals surface area contributed by atoms with E-state index in [0.29, 0.717) is 18.7 Å². The molecule has 9 heteroatoms. The second-order valence-electron chi connectivity index (χ2n) is 8.96. The summed E-state index contributed by atoms with van der Waals surface area (Å²) in [5, 5.41) is 5.45. The molecule has 0 aromatic heterocycles. The molecule has 1 unspecified atom stereocenters. The average molecular weight is 443 g/mol. The molecule has 1 saturated heterocycles. The van der Waals surface area contributed by atoms with Crippen molar-refractivity contribution < 1.29 is 24.0 Å². The number of carbonyl (C=O) groups excluding carboxylic acids is 5. The van der Waals surface area contributed by atoms with Crippen molar-refractivity contribution in [2.45, 2.75) is 40.2 Å². The van der Waals surface area contributed by atoms with Crippen LogP contribution in [0.4, 0.5) is 0 Å². The zero-order chi connectivity index (χ0) is 23.6. The highest BCUT2D eigenvalue weighted by molar-refractivity contribution is 6.22. The maximum atomic E-state index is 12.6. The lowest BCUT2D eigenvalue weighted by molar-refractivity contribution is -0.129. The number of hydrogen-bond donors (Lipinski definition) is 2. The first-order chi connectivity index (χ1) is 15.1. The van der Waals surface area contributed by atoms with Gasteiger partial charge in [0.25, 0.3) is 17.7 Å². The Hall–Kier alpha value is -3.23. The molecule has 0 spiro atoms. The van der Waals surface area contributed by atoms with Gasteiger partial charge in [0.2, 0.25) is 11.8 Å². The molecule has 1 aromatic carbocycles. The van der Waals surface area contributed by atoms with Gasteiger partial charge in [0.1, 0.15) is 0 Å². The summed E-state index contributed by atoms with van der Waals surface area (Å²) < 4.78 is 0. The van der Waals surface area contributed by atoms with Gasteiger partial charge in [-0.1, -0.05) is 13.8 Å². The number of nitrogens with one attached hydrogen (secondary N) is 2. The fourth-order valence-corrected chi connectivity index (χ4v) is 3.98. The summed E-state index contributed by atoms with van der Waals surface area (Å²) in [6.45, 7) is 8.83. The van der Waals surface area contributed by atoms with Crippen molar-refractivity contribution in [2.75, 3.05) is 26.2 Å². The van der Waals surface area contributed by atoms with Crippen molar-refractivity contribution in [3.05, 3.63) is 34.9 Å². The number of nitrogens with zero attached hydrogens (tertiary/aromatic N) is 2. The number of carbonyl (C=O) groups is 5. The van der Waals surface area contributed by atoms with Gasteiger partial charge >= 0.3 is 0 Å². The highest BCUT2D eigenvalue weighted by Gasteiger charge is 2.36. The molecule has 0 bridgehead atoms. The lowest BCUT2D eigenvalue weighted by atomic mass is 10.1. The van der Waals surface area contributed by atoms with E-state index in [1.165, 1.54) is 23.1 Å². The number of hydrogen-bond acceptors (Lipinski definition) is 5. The molecular formula is C23H30N4O5. The van der Waals surface area contributed by atoms with Crippen molar-refractivity contribution in [2.24, 2.45) is 11.8 Å². The fraction of sp³-hybridized carbons (Fsp3) is 0.522. The number of rotatable bonds is 8. The van der Waals surface area contributed by atoms with Gasteiger partial charge < -0.3 is 15.5 Å². The summed E-state index contributed by atoms with van der Waals surface area (Å²) in [6, 6.07) is 4.52. The van der Waals surface area contributed by atoms with Crippen molar-refractivity contribution in [1.29, 1.82) is 0 Å². The number of imide groups is 1. The molecule has 32 heavy (non-hydrogen) atoms. The Balaban J connectivity index is 1.50. The average Bonchev–Trinajstić information content (AvgIpc) is 3.24. The predicted molar refractivity (Wildman–Crippen MR) is 117 cm³/mol. The van der Waals surface area contributed by atoms with Crippen LogP contribution in [0.5, 0.6) is 0 Å². The van der Waals surface area contributed by atoms with Crippen LogP contribution >= 0.6 is 0 Å². The lowest BCUT2D eigenvalue weighted by Gasteiger charge is -2.20. The Morgan fingerprint density at radius 2 is 1.66 bits per heavy atom. The maximum Gasteiger partial charge on any atom is 0.261 e. The van der Waals surface area contributed by atoms with Gasteiger partial charge in [-0.05, 0) is 38.0 Å². The molecule has 3 rings (SSSR count). The lowest BCUT2D eigenvalue weighted by Crippen LogP contribution is -2.39. The maximum absolute atomic E-state index is 12.6. The molecule has 9 nitrogen and oxygen atoms in total. The molecule has 0 aliphatic carbocycles. The van der Waals surface area contributed by atoms with Gasteiger partial charge in [-0.2, -0.15) is 0 Å². The van der Waals surface area contributed by atoms with Crippen molar-refractivity contribution >= 4 is 29.5 Å². The van der Waals surface area contributed by atoms with Crippen LogP contribution in [0.3, 0.4) is 0 Å². The third-order valence-corrected chi connectivity index (χ3v) is 5.64. The Morgan fingerprint density at radius 1 is 1.00 bits per heavy atom. The Labute approximate surface area is 187 Å². The molecule has 5 amide bonds. The van der Waals surface area contributed by atoms with Gasteiger partial charge in [-0.25, -0.2) is 0 Å².